The van der Waals surface area contributed by atoms with E-state index < -0.39 is 0 Å². The lowest BCUT2D eigenvalue weighted by Crippen LogP contribution is -2.19. The number of unbranched alkanes of at least 4 members (excludes halogenated alkanes) is 2. The quantitative estimate of drug-likeness (QED) is 0.429. The highest BCUT2D eigenvalue weighted by Gasteiger charge is 2.03. The van der Waals surface area contributed by atoms with Crippen LogP contribution in [-0.4, -0.2) is 18.5 Å². The largest absolute Gasteiger partial charge is 0.375 e. The second kappa shape index (κ2) is 8.10. The van der Waals surface area contributed by atoms with E-state index in [4.69, 9.17) is 0 Å². The summed E-state index contributed by atoms with van der Waals surface area (Å²) in [5.74, 6) is 0. The maximum absolute atomic E-state index is 4.06. The number of likely N-dealkylation sites (N-methyl/N-ethyl adjacent to an activating group) is 1. The Morgan fingerprint density at radius 2 is 1.93 bits per heavy atom. The molecular weight excluding hydrogens is 182 g/mol. The van der Waals surface area contributed by atoms with Gasteiger partial charge < -0.3 is 4.90 Å². The van der Waals surface area contributed by atoms with Crippen LogP contribution in [0.4, 0.5) is 0 Å². The lowest BCUT2D eigenvalue weighted by atomic mass is 10.1. The van der Waals surface area contributed by atoms with Crippen molar-refractivity contribution in [3.05, 3.63) is 49.2 Å². The summed E-state index contributed by atoms with van der Waals surface area (Å²) < 4.78 is 0. The Morgan fingerprint density at radius 1 is 1.27 bits per heavy atom. The van der Waals surface area contributed by atoms with Gasteiger partial charge in [-0.25, -0.2) is 0 Å². The minimum atomic E-state index is 1.01. The Morgan fingerprint density at radius 3 is 2.40 bits per heavy atom. The van der Waals surface area contributed by atoms with E-state index in [0.717, 1.165) is 17.8 Å². The first-order valence-corrected chi connectivity index (χ1v) is 5.52. The molecule has 0 aliphatic heterocycles. The highest BCUT2D eigenvalue weighted by Crippen LogP contribution is 2.13. The molecule has 0 aliphatic carbocycles. The third-order valence-electron chi connectivity index (χ3n) is 2.41. The zero-order chi connectivity index (χ0) is 11.7. The van der Waals surface area contributed by atoms with Gasteiger partial charge in [-0.05, 0) is 12.0 Å². The minimum absolute atomic E-state index is 1.01. The molecule has 0 spiro atoms. The van der Waals surface area contributed by atoms with Crippen molar-refractivity contribution in [3.8, 4) is 0 Å². The maximum Gasteiger partial charge on any atom is 0.0363 e. The fourth-order valence-corrected chi connectivity index (χ4v) is 1.36. The Kier molecular flexibility index (Phi) is 7.43. The summed E-state index contributed by atoms with van der Waals surface area (Å²) in [5, 5.41) is 0. The SMILES string of the molecule is C=C/C=C(/C=C)C(=C)N(C)CCCCC. The summed E-state index contributed by atoms with van der Waals surface area (Å²) in [6.45, 7) is 14.8. The number of hydrogen-bond donors (Lipinski definition) is 0. The van der Waals surface area contributed by atoms with Gasteiger partial charge in [0.1, 0.15) is 0 Å². The van der Waals surface area contributed by atoms with Crippen molar-refractivity contribution < 1.29 is 0 Å². The van der Waals surface area contributed by atoms with Gasteiger partial charge in [0, 0.05) is 19.3 Å². The molecule has 0 N–H and O–H groups in total. The average molecular weight is 205 g/mol. The van der Waals surface area contributed by atoms with Gasteiger partial charge in [-0.2, -0.15) is 0 Å². The van der Waals surface area contributed by atoms with Crippen LogP contribution < -0.4 is 0 Å². The number of rotatable bonds is 8. The second-order valence-electron chi connectivity index (χ2n) is 3.64. The molecule has 0 atom stereocenters. The minimum Gasteiger partial charge on any atom is -0.375 e. The van der Waals surface area contributed by atoms with Crippen molar-refractivity contribution in [2.45, 2.75) is 26.2 Å². The molecule has 0 unspecified atom stereocenters. The van der Waals surface area contributed by atoms with Gasteiger partial charge in [0.05, 0.1) is 0 Å². The van der Waals surface area contributed by atoms with E-state index in [9.17, 15) is 0 Å². The zero-order valence-electron chi connectivity index (χ0n) is 10.1. The molecule has 0 saturated heterocycles. The number of hydrogen-bond acceptors (Lipinski definition) is 1. The molecule has 0 aromatic carbocycles. The fourth-order valence-electron chi connectivity index (χ4n) is 1.36. The lowest BCUT2D eigenvalue weighted by molar-refractivity contribution is 0.411. The summed E-state index contributed by atoms with van der Waals surface area (Å²) in [4.78, 5) is 2.17. The van der Waals surface area contributed by atoms with Gasteiger partial charge in [-0.3, -0.25) is 0 Å². The van der Waals surface area contributed by atoms with Crippen molar-refractivity contribution in [2.75, 3.05) is 13.6 Å². The van der Waals surface area contributed by atoms with Gasteiger partial charge in [-0.1, -0.05) is 57.7 Å². The topological polar surface area (TPSA) is 3.24 Å². The van der Waals surface area contributed by atoms with E-state index in [1.807, 2.05) is 12.2 Å². The Labute approximate surface area is 94.5 Å². The van der Waals surface area contributed by atoms with Gasteiger partial charge in [0.25, 0.3) is 0 Å². The first-order chi connectivity index (χ1) is 7.17. The van der Waals surface area contributed by atoms with Crippen LogP contribution in [0.25, 0.3) is 0 Å². The third kappa shape index (κ3) is 5.26. The van der Waals surface area contributed by atoms with Crippen LogP contribution in [0.3, 0.4) is 0 Å². The molecule has 0 saturated carbocycles. The smallest absolute Gasteiger partial charge is 0.0363 e. The molecule has 1 heteroatoms. The van der Waals surface area contributed by atoms with Crippen molar-refractivity contribution >= 4 is 0 Å². The van der Waals surface area contributed by atoms with Gasteiger partial charge in [0.15, 0.2) is 0 Å². The van der Waals surface area contributed by atoms with Crippen LogP contribution in [0, 0.1) is 0 Å². The normalized spacial score (nSPS) is 10.9. The van der Waals surface area contributed by atoms with Gasteiger partial charge in [0.2, 0.25) is 0 Å². The van der Waals surface area contributed by atoms with Crippen LogP contribution in [-0.2, 0) is 0 Å². The van der Waals surface area contributed by atoms with Crippen LogP contribution >= 0.6 is 0 Å². The monoisotopic (exact) mass is 205 g/mol. The summed E-state index contributed by atoms with van der Waals surface area (Å²) in [6, 6.07) is 0. The average Bonchev–Trinajstić information content (AvgIpc) is 2.25. The molecular formula is C14H23N. The summed E-state index contributed by atoms with van der Waals surface area (Å²) in [6.07, 6.45) is 9.25. The van der Waals surface area contributed by atoms with Crippen LogP contribution in [0.2, 0.25) is 0 Å². The van der Waals surface area contributed by atoms with Gasteiger partial charge >= 0.3 is 0 Å². The van der Waals surface area contributed by atoms with E-state index in [-0.39, 0.29) is 0 Å². The summed E-state index contributed by atoms with van der Waals surface area (Å²) >= 11 is 0. The molecule has 0 aromatic heterocycles. The molecule has 84 valence electrons. The van der Waals surface area contributed by atoms with Crippen molar-refractivity contribution in [1.29, 1.82) is 0 Å². The lowest BCUT2D eigenvalue weighted by Gasteiger charge is -2.22. The second-order valence-corrected chi connectivity index (χ2v) is 3.64. The molecule has 15 heavy (non-hydrogen) atoms. The van der Waals surface area contributed by atoms with E-state index >= 15 is 0 Å². The van der Waals surface area contributed by atoms with Crippen molar-refractivity contribution in [1.82, 2.24) is 4.90 Å². The van der Waals surface area contributed by atoms with Crippen LogP contribution in [0.15, 0.2) is 49.2 Å². The molecule has 1 nitrogen and oxygen atoms in total. The van der Waals surface area contributed by atoms with E-state index in [0.29, 0.717) is 0 Å². The van der Waals surface area contributed by atoms with E-state index in [2.05, 4.69) is 38.6 Å². The Hall–Kier alpha value is -1.24. The summed E-state index contributed by atoms with van der Waals surface area (Å²) in [5.41, 5.74) is 2.06. The predicted octanol–water partition coefficient (Wildman–Crippen LogP) is 3.92. The molecule has 0 aromatic rings. The standard InChI is InChI=1S/C14H23N/c1-6-9-10-12-15(5)13(4)14(8-3)11-7-2/h7-8,11H,2-4,6,9-10,12H2,1,5H3/b14-11-. The van der Waals surface area contributed by atoms with Crippen LogP contribution in [0.5, 0.6) is 0 Å². The molecule has 0 heterocycles. The highest BCUT2D eigenvalue weighted by molar-refractivity contribution is 5.38. The molecule has 0 radical (unpaired) electrons. The fraction of sp³-hybridized carbons (Fsp3) is 0.429. The predicted molar refractivity (Wildman–Crippen MR) is 69.8 cm³/mol. The Balaban J connectivity index is 4.23. The number of nitrogens with zero attached hydrogens (tertiary/aromatic N) is 1. The van der Waals surface area contributed by atoms with Crippen LogP contribution in [0.1, 0.15) is 26.2 Å². The highest BCUT2D eigenvalue weighted by atomic mass is 15.1. The van der Waals surface area contributed by atoms with E-state index in [1.54, 1.807) is 6.08 Å². The van der Waals surface area contributed by atoms with Crippen molar-refractivity contribution in [2.24, 2.45) is 0 Å². The molecule has 0 bridgehead atoms. The zero-order valence-corrected chi connectivity index (χ0v) is 10.1. The van der Waals surface area contributed by atoms with Crippen molar-refractivity contribution in [3.63, 3.8) is 0 Å². The van der Waals surface area contributed by atoms with Gasteiger partial charge in [-0.15, -0.1) is 0 Å². The maximum atomic E-state index is 4.06. The number of allylic oxidation sites excluding steroid dienone is 3. The molecule has 0 rings (SSSR count). The molecule has 0 fully saturated rings. The first-order valence-electron chi connectivity index (χ1n) is 5.52. The molecule has 0 aliphatic rings. The first kappa shape index (κ1) is 13.8. The Bertz CT molecular complexity index is 248. The summed E-state index contributed by atoms with van der Waals surface area (Å²) in [7, 11) is 2.07. The molecule has 0 amide bonds. The third-order valence-corrected chi connectivity index (χ3v) is 2.41. The van der Waals surface area contributed by atoms with E-state index in [1.165, 1.54) is 19.3 Å².